The fraction of sp³-hybridized carbons (Fsp3) is 0. The van der Waals surface area contributed by atoms with Crippen LogP contribution >= 0.6 is 0 Å². The lowest BCUT2D eigenvalue weighted by Crippen LogP contribution is -2.03. The third-order valence-corrected chi connectivity index (χ3v) is 1.57. The molecule has 0 bridgehead atoms. The van der Waals surface area contributed by atoms with Crippen LogP contribution in [0.5, 0.6) is 5.75 Å². The predicted octanol–water partition coefficient (Wildman–Crippen LogP) is 0.581. The number of aromatic hydroxyl groups is 1. The summed E-state index contributed by atoms with van der Waals surface area (Å²) >= 11 is 0. The molecule has 0 aliphatic rings. The minimum absolute atomic E-state index is 0.235. The lowest BCUT2D eigenvalue weighted by molar-refractivity contribution is -0.385. The first-order chi connectivity index (χ1) is 6.43. The smallest absolute Gasteiger partial charge is 0.342 e. The molecule has 0 aliphatic carbocycles. The van der Waals surface area contributed by atoms with Gasteiger partial charge in [0.05, 0.1) is 10.6 Å². The molecule has 1 aromatic carbocycles. The molecule has 4 N–H and O–H groups in total. The molecule has 1 rings (SSSR count). The number of nitrogens with two attached hydrogens (primary N) is 1. The van der Waals surface area contributed by atoms with Gasteiger partial charge >= 0.3 is 5.97 Å². The standard InChI is InChI=1S/C7H6N2O5/c8-4-2-5(9(13)14)3(7(11)12)1-6(4)10/h1-2,10H,8H2,(H,11,12). The van der Waals surface area contributed by atoms with Crippen LogP contribution in [0.4, 0.5) is 11.4 Å². The fourth-order valence-electron chi connectivity index (χ4n) is 0.915. The number of nitrogens with zero attached hydrogens (tertiary/aromatic N) is 1. The van der Waals surface area contributed by atoms with Gasteiger partial charge in [-0.3, -0.25) is 10.1 Å². The largest absolute Gasteiger partial charge is 0.506 e. The fourth-order valence-corrected chi connectivity index (χ4v) is 0.915. The van der Waals surface area contributed by atoms with Gasteiger partial charge in [0.15, 0.2) is 0 Å². The van der Waals surface area contributed by atoms with Gasteiger partial charge in [0, 0.05) is 12.1 Å². The number of phenolic OH excluding ortho intramolecular Hbond substituents is 1. The Bertz CT molecular complexity index is 376. The third-order valence-electron chi connectivity index (χ3n) is 1.57. The molecule has 0 saturated heterocycles. The van der Waals surface area contributed by atoms with E-state index in [0.29, 0.717) is 0 Å². The summed E-state index contributed by atoms with van der Waals surface area (Å²) in [6, 6.07) is 1.55. The van der Waals surface area contributed by atoms with Crippen molar-refractivity contribution in [2.75, 3.05) is 5.73 Å². The molecule has 0 unspecified atom stereocenters. The van der Waals surface area contributed by atoms with Crippen LogP contribution in [0.2, 0.25) is 0 Å². The molecule has 0 atom stereocenters. The number of carbonyl (C=O) groups is 1. The highest BCUT2D eigenvalue weighted by Gasteiger charge is 2.21. The van der Waals surface area contributed by atoms with Gasteiger partial charge in [0.2, 0.25) is 0 Å². The third kappa shape index (κ3) is 1.56. The Kier molecular flexibility index (Phi) is 2.24. The summed E-state index contributed by atoms with van der Waals surface area (Å²) in [6.07, 6.45) is 0. The molecule has 0 aliphatic heterocycles. The average molecular weight is 198 g/mol. The van der Waals surface area contributed by atoms with Crippen molar-refractivity contribution >= 4 is 17.3 Å². The highest BCUT2D eigenvalue weighted by atomic mass is 16.6. The Labute approximate surface area is 77.5 Å². The van der Waals surface area contributed by atoms with Crippen molar-refractivity contribution in [1.29, 1.82) is 0 Å². The summed E-state index contributed by atoms with van der Waals surface area (Å²) in [4.78, 5) is 20.1. The van der Waals surface area contributed by atoms with E-state index in [2.05, 4.69) is 0 Å². The zero-order valence-electron chi connectivity index (χ0n) is 6.80. The van der Waals surface area contributed by atoms with Crippen LogP contribution in [0.15, 0.2) is 12.1 Å². The Morgan fingerprint density at radius 1 is 1.50 bits per heavy atom. The highest BCUT2D eigenvalue weighted by Crippen LogP contribution is 2.29. The maximum Gasteiger partial charge on any atom is 0.342 e. The van der Waals surface area contributed by atoms with Crippen LogP contribution in [0.3, 0.4) is 0 Å². The van der Waals surface area contributed by atoms with Gasteiger partial charge in [-0.15, -0.1) is 0 Å². The van der Waals surface area contributed by atoms with Gasteiger partial charge in [0.25, 0.3) is 5.69 Å². The molecule has 0 fully saturated rings. The van der Waals surface area contributed by atoms with Crippen LogP contribution in [0, 0.1) is 10.1 Å². The highest BCUT2D eigenvalue weighted by molar-refractivity contribution is 5.94. The summed E-state index contributed by atoms with van der Waals surface area (Å²) in [6.45, 7) is 0. The van der Waals surface area contributed by atoms with Crippen molar-refractivity contribution in [3.8, 4) is 5.75 Å². The summed E-state index contributed by atoms with van der Waals surface area (Å²) in [7, 11) is 0. The van der Waals surface area contributed by atoms with Crippen LogP contribution < -0.4 is 5.73 Å². The average Bonchev–Trinajstić information content (AvgIpc) is 2.08. The molecular weight excluding hydrogens is 192 g/mol. The van der Waals surface area contributed by atoms with Crippen LogP contribution in [0.25, 0.3) is 0 Å². The molecule has 0 spiro atoms. The molecule has 0 aromatic heterocycles. The lowest BCUT2D eigenvalue weighted by Gasteiger charge is -2.01. The van der Waals surface area contributed by atoms with Crippen LogP contribution in [-0.2, 0) is 0 Å². The first-order valence-electron chi connectivity index (χ1n) is 3.43. The number of carboxylic acid groups (broad SMARTS) is 1. The molecule has 14 heavy (non-hydrogen) atoms. The van der Waals surface area contributed by atoms with Crippen molar-refractivity contribution in [3.63, 3.8) is 0 Å². The normalized spacial score (nSPS) is 9.71. The Morgan fingerprint density at radius 2 is 2.07 bits per heavy atom. The lowest BCUT2D eigenvalue weighted by atomic mass is 10.1. The summed E-state index contributed by atoms with van der Waals surface area (Å²) in [5.41, 5.74) is 3.70. The zero-order valence-corrected chi connectivity index (χ0v) is 6.80. The monoisotopic (exact) mass is 198 g/mol. The van der Waals surface area contributed by atoms with E-state index in [-0.39, 0.29) is 5.69 Å². The second kappa shape index (κ2) is 3.21. The number of anilines is 1. The van der Waals surface area contributed by atoms with Gasteiger partial charge in [0.1, 0.15) is 11.3 Å². The number of benzene rings is 1. The number of hydrogen-bond acceptors (Lipinski definition) is 5. The maximum atomic E-state index is 10.5. The van der Waals surface area contributed by atoms with Crippen LogP contribution in [0.1, 0.15) is 10.4 Å². The Morgan fingerprint density at radius 3 is 2.50 bits per heavy atom. The molecular formula is C7H6N2O5. The van der Waals surface area contributed by atoms with Gasteiger partial charge < -0.3 is 15.9 Å². The molecule has 0 saturated carbocycles. The maximum absolute atomic E-state index is 10.5. The van der Waals surface area contributed by atoms with E-state index in [9.17, 15) is 14.9 Å². The number of aromatic carboxylic acids is 1. The van der Waals surface area contributed by atoms with Crippen molar-refractivity contribution in [2.24, 2.45) is 0 Å². The zero-order chi connectivity index (χ0) is 10.9. The first kappa shape index (κ1) is 9.78. The molecule has 0 amide bonds. The van der Waals surface area contributed by atoms with Crippen molar-refractivity contribution in [3.05, 3.63) is 27.8 Å². The number of nitro groups is 1. The van der Waals surface area contributed by atoms with Gasteiger partial charge in [-0.2, -0.15) is 0 Å². The number of nitrogen functional groups attached to an aromatic ring is 1. The topological polar surface area (TPSA) is 127 Å². The van der Waals surface area contributed by atoms with Crippen molar-refractivity contribution < 1.29 is 19.9 Å². The van der Waals surface area contributed by atoms with Gasteiger partial charge in [-0.05, 0) is 0 Å². The number of phenols is 1. The Balaban J connectivity index is 3.46. The predicted molar refractivity (Wildman–Crippen MR) is 46.1 cm³/mol. The molecule has 0 heterocycles. The molecule has 7 heteroatoms. The minimum atomic E-state index is -1.49. The van der Waals surface area contributed by atoms with E-state index in [1.807, 2.05) is 0 Å². The van der Waals surface area contributed by atoms with E-state index in [0.717, 1.165) is 12.1 Å². The number of nitro benzene ring substituents is 1. The van der Waals surface area contributed by atoms with Crippen molar-refractivity contribution in [2.45, 2.75) is 0 Å². The summed E-state index contributed by atoms with van der Waals surface area (Å²) in [5, 5.41) is 28.0. The second-order valence-electron chi connectivity index (χ2n) is 2.49. The number of carboxylic acids is 1. The van der Waals surface area contributed by atoms with Crippen molar-refractivity contribution in [1.82, 2.24) is 0 Å². The first-order valence-corrected chi connectivity index (χ1v) is 3.43. The van der Waals surface area contributed by atoms with E-state index in [4.69, 9.17) is 15.9 Å². The molecule has 1 aromatic rings. The van der Waals surface area contributed by atoms with Gasteiger partial charge in [-0.25, -0.2) is 4.79 Å². The van der Waals surface area contributed by atoms with E-state index in [1.165, 1.54) is 0 Å². The second-order valence-corrected chi connectivity index (χ2v) is 2.49. The molecule has 0 radical (unpaired) electrons. The van der Waals surface area contributed by atoms with E-state index >= 15 is 0 Å². The number of hydrogen-bond donors (Lipinski definition) is 3. The van der Waals surface area contributed by atoms with E-state index in [1.54, 1.807) is 0 Å². The van der Waals surface area contributed by atoms with Crippen LogP contribution in [-0.4, -0.2) is 21.1 Å². The minimum Gasteiger partial charge on any atom is -0.506 e. The summed E-state index contributed by atoms with van der Waals surface area (Å²) in [5.74, 6) is -1.99. The SMILES string of the molecule is Nc1cc([N+](=O)[O-])c(C(=O)O)cc1O. The molecule has 7 nitrogen and oxygen atoms in total. The van der Waals surface area contributed by atoms with Gasteiger partial charge in [-0.1, -0.05) is 0 Å². The summed E-state index contributed by atoms with van der Waals surface area (Å²) < 4.78 is 0. The Hall–Kier alpha value is -2.31. The molecule has 74 valence electrons. The number of rotatable bonds is 2. The quantitative estimate of drug-likeness (QED) is 0.276. The van der Waals surface area contributed by atoms with E-state index < -0.39 is 27.9 Å².